The van der Waals surface area contributed by atoms with Gasteiger partial charge in [-0.15, -0.1) is 0 Å². The van der Waals surface area contributed by atoms with E-state index in [1.807, 2.05) is 6.07 Å². The average molecular weight is 287 g/mol. The third-order valence-electron chi connectivity index (χ3n) is 2.67. The lowest BCUT2D eigenvalue weighted by molar-refractivity contribution is 0.173. The molecule has 0 saturated heterocycles. The summed E-state index contributed by atoms with van der Waals surface area (Å²) >= 11 is 3.55. The zero-order valence-electron chi connectivity index (χ0n) is 9.42. The molecule has 0 aromatic heterocycles. The summed E-state index contributed by atoms with van der Waals surface area (Å²) in [5.41, 5.74) is 2.30. The molecule has 0 amide bonds. The molecular formula is C12H15BrO3. The van der Waals surface area contributed by atoms with Crippen LogP contribution in [0, 0.1) is 0 Å². The second kappa shape index (κ2) is 4.63. The van der Waals surface area contributed by atoms with Crippen molar-refractivity contribution in [1.82, 2.24) is 0 Å². The van der Waals surface area contributed by atoms with Crippen molar-refractivity contribution >= 4 is 15.9 Å². The molecule has 1 N–H and O–H groups in total. The molecule has 0 saturated carbocycles. The van der Waals surface area contributed by atoms with Crippen molar-refractivity contribution in [2.45, 2.75) is 32.8 Å². The summed E-state index contributed by atoms with van der Waals surface area (Å²) in [6, 6.07) is 1.97. The van der Waals surface area contributed by atoms with E-state index in [-0.39, 0.29) is 12.9 Å². The SMILES string of the molecule is CCc1c(CC(C)O)cc2c(c1Br)OCO2. The van der Waals surface area contributed by atoms with Crippen molar-refractivity contribution in [3.8, 4) is 11.5 Å². The van der Waals surface area contributed by atoms with E-state index < -0.39 is 0 Å². The number of benzene rings is 1. The van der Waals surface area contributed by atoms with Crippen LogP contribution >= 0.6 is 15.9 Å². The van der Waals surface area contributed by atoms with Crippen molar-refractivity contribution in [1.29, 1.82) is 0 Å². The fourth-order valence-corrected chi connectivity index (χ4v) is 2.82. The van der Waals surface area contributed by atoms with Gasteiger partial charge < -0.3 is 14.6 Å². The first kappa shape index (κ1) is 11.7. The molecule has 0 aliphatic carbocycles. The van der Waals surface area contributed by atoms with Gasteiger partial charge in [0.25, 0.3) is 0 Å². The summed E-state index contributed by atoms with van der Waals surface area (Å²) in [5, 5.41) is 9.48. The number of rotatable bonds is 3. The topological polar surface area (TPSA) is 38.7 Å². The van der Waals surface area contributed by atoms with E-state index in [4.69, 9.17) is 9.47 Å². The van der Waals surface area contributed by atoms with E-state index in [1.165, 1.54) is 5.56 Å². The maximum atomic E-state index is 9.48. The number of aliphatic hydroxyl groups excluding tert-OH is 1. The van der Waals surface area contributed by atoms with Gasteiger partial charge in [-0.3, -0.25) is 0 Å². The molecule has 1 atom stereocenters. The lowest BCUT2D eigenvalue weighted by atomic mass is 9.99. The van der Waals surface area contributed by atoms with Gasteiger partial charge in [0.2, 0.25) is 6.79 Å². The van der Waals surface area contributed by atoms with Crippen LogP contribution in [0.1, 0.15) is 25.0 Å². The monoisotopic (exact) mass is 286 g/mol. The third-order valence-corrected chi connectivity index (χ3v) is 3.51. The predicted octanol–water partition coefficient (Wildman–Crippen LogP) is 2.66. The number of hydrogen-bond donors (Lipinski definition) is 1. The first-order valence-electron chi connectivity index (χ1n) is 5.41. The van der Waals surface area contributed by atoms with Crippen LogP contribution in [-0.4, -0.2) is 18.0 Å². The number of aliphatic hydroxyl groups is 1. The Morgan fingerprint density at radius 3 is 2.88 bits per heavy atom. The largest absolute Gasteiger partial charge is 0.454 e. The molecule has 0 radical (unpaired) electrons. The van der Waals surface area contributed by atoms with Crippen molar-refractivity contribution in [3.05, 3.63) is 21.7 Å². The van der Waals surface area contributed by atoms with Gasteiger partial charge in [-0.2, -0.15) is 0 Å². The molecule has 1 aromatic carbocycles. The summed E-state index contributed by atoms with van der Waals surface area (Å²) in [4.78, 5) is 0. The van der Waals surface area contributed by atoms with E-state index in [2.05, 4.69) is 22.9 Å². The van der Waals surface area contributed by atoms with Gasteiger partial charge in [-0.25, -0.2) is 0 Å². The second-order valence-electron chi connectivity index (χ2n) is 3.97. The highest BCUT2D eigenvalue weighted by Gasteiger charge is 2.22. The Bertz CT molecular complexity index is 402. The fourth-order valence-electron chi connectivity index (χ4n) is 1.97. The summed E-state index contributed by atoms with van der Waals surface area (Å²) in [5.74, 6) is 1.55. The Morgan fingerprint density at radius 1 is 1.50 bits per heavy atom. The minimum absolute atomic E-state index is 0.273. The van der Waals surface area contributed by atoms with Crippen LogP contribution in [-0.2, 0) is 12.8 Å². The number of hydrogen-bond acceptors (Lipinski definition) is 3. The Morgan fingerprint density at radius 2 is 2.25 bits per heavy atom. The molecule has 0 spiro atoms. The molecule has 1 unspecified atom stereocenters. The van der Waals surface area contributed by atoms with Crippen LogP contribution in [0.5, 0.6) is 11.5 Å². The lowest BCUT2D eigenvalue weighted by Gasteiger charge is -2.13. The molecule has 2 rings (SSSR count). The molecule has 0 bridgehead atoms. The van der Waals surface area contributed by atoms with Gasteiger partial charge in [-0.05, 0) is 52.9 Å². The van der Waals surface area contributed by atoms with Crippen LogP contribution < -0.4 is 9.47 Å². The molecule has 1 aromatic rings. The quantitative estimate of drug-likeness (QED) is 0.929. The first-order chi connectivity index (χ1) is 7.63. The Balaban J connectivity index is 2.48. The van der Waals surface area contributed by atoms with Gasteiger partial charge >= 0.3 is 0 Å². The molecule has 0 fully saturated rings. The van der Waals surface area contributed by atoms with Gasteiger partial charge in [0, 0.05) is 0 Å². The molecule has 1 aliphatic rings. The van der Waals surface area contributed by atoms with E-state index in [0.29, 0.717) is 6.42 Å². The molecule has 3 nitrogen and oxygen atoms in total. The minimum Gasteiger partial charge on any atom is -0.454 e. The molecular weight excluding hydrogens is 272 g/mol. The number of fused-ring (bicyclic) bond motifs is 1. The normalized spacial score (nSPS) is 15.2. The maximum Gasteiger partial charge on any atom is 0.231 e. The highest BCUT2D eigenvalue weighted by Crippen LogP contribution is 2.43. The summed E-state index contributed by atoms with van der Waals surface area (Å²) in [6.07, 6.45) is 1.19. The Hall–Kier alpha value is -0.740. The Labute approximate surface area is 104 Å². The van der Waals surface area contributed by atoms with Crippen LogP contribution in [0.2, 0.25) is 0 Å². The lowest BCUT2D eigenvalue weighted by Crippen LogP contribution is -2.07. The van der Waals surface area contributed by atoms with Crippen molar-refractivity contribution in [2.75, 3.05) is 6.79 Å². The van der Waals surface area contributed by atoms with E-state index in [9.17, 15) is 5.11 Å². The zero-order chi connectivity index (χ0) is 11.7. The van der Waals surface area contributed by atoms with Gasteiger partial charge in [0.1, 0.15) is 0 Å². The van der Waals surface area contributed by atoms with E-state index >= 15 is 0 Å². The molecule has 88 valence electrons. The minimum atomic E-state index is -0.349. The predicted molar refractivity (Wildman–Crippen MR) is 65.0 cm³/mol. The summed E-state index contributed by atoms with van der Waals surface area (Å²) < 4.78 is 11.7. The van der Waals surface area contributed by atoms with E-state index in [1.54, 1.807) is 6.92 Å². The van der Waals surface area contributed by atoms with Crippen LogP contribution in [0.3, 0.4) is 0 Å². The van der Waals surface area contributed by atoms with Crippen LogP contribution in [0.25, 0.3) is 0 Å². The molecule has 1 aliphatic heterocycles. The standard InChI is InChI=1S/C12H15BrO3/c1-3-9-8(4-7(2)14)5-10-12(11(9)13)16-6-15-10/h5,7,14H,3-4,6H2,1-2H3. The highest BCUT2D eigenvalue weighted by atomic mass is 79.9. The smallest absolute Gasteiger partial charge is 0.231 e. The fraction of sp³-hybridized carbons (Fsp3) is 0.500. The number of ether oxygens (including phenoxy) is 2. The van der Waals surface area contributed by atoms with Crippen molar-refractivity contribution in [2.24, 2.45) is 0 Å². The van der Waals surface area contributed by atoms with Gasteiger partial charge in [0.05, 0.1) is 10.6 Å². The average Bonchev–Trinajstić information content (AvgIpc) is 2.65. The third kappa shape index (κ3) is 2.04. The maximum absolute atomic E-state index is 9.48. The van der Waals surface area contributed by atoms with Crippen LogP contribution in [0.4, 0.5) is 0 Å². The van der Waals surface area contributed by atoms with Gasteiger partial charge in [-0.1, -0.05) is 6.92 Å². The Kier molecular flexibility index (Phi) is 3.40. The summed E-state index contributed by atoms with van der Waals surface area (Å²) in [6.45, 7) is 4.15. The zero-order valence-corrected chi connectivity index (χ0v) is 11.0. The van der Waals surface area contributed by atoms with Crippen LogP contribution in [0.15, 0.2) is 10.5 Å². The molecule has 4 heteroatoms. The first-order valence-corrected chi connectivity index (χ1v) is 6.20. The molecule has 16 heavy (non-hydrogen) atoms. The van der Waals surface area contributed by atoms with Gasteiger partial charge in [0.15, 0.2) is 11.5 Å². The molecule has 1 heterocycles. The highest BCUT2D eigenvalue weighted by molar-refractivity contribution is 9.10. The summed E-state index contributed by atoms with van der Waals surface area (Å²) in [7, 11) is 0. The van der Waals surface area contributed by atoms with Crippen molar-refractivity contribution in [3.63, 3.8) is 0 Å². The van der Waals surface area contributed by atoms with E-state index in [0.717, 1.165) is 28.0 Å². The number of halogens is 1. The van der Waals surface area contributed by atoms with Crippen molar-refractivity contribution < 1.29 is 14.6 Å². The second-order valence-corrected chi connectivity index (χ2v) is 4.76.